The second-order valence-electron chi connectivity index (χ2n) is 7.22. The molecular weight excluding hydrogens is 508 g/mol. The summed E-state index contributed by atoms with van der Waals surface area (Å²) >= 11 is 0.627. The molecule has 6 heteroatoms. The van der Waals surface area contributed by atoms with Gasteiger partial charge in [0.2, 0.25) is 0 Å². The number of pyridine rings is 1. The summed E-state index contributed by atoms with van der Waals surface area (Å²) in [6, 6.07) is 16.7. The fourth-order valence-corrected chi connectivity index (χ4v) is 7.61. The molecular formula is C24H14N2O2STe. The molecule has 0 atom stereocenters. The van der Waals surface area contributed by atoms with E-state index in [1.165, 1.54) is 26.2 Å². The zero-order valence-electron chi connectivity index (χ0n) is 15.7. The maximum atomic E-state index is 12.6. The Morgan fingerprint density at radius 1 is 0.933 bits per heavy atom. The molecule has 0 bridgehead atoms. The third-order valence-electron chi connectivity index (χ3n) is 5.45. The predicted octanol–water partition coefficient (Wildman–Crippen LogP) is 5.04. The van der Waals surface area contributed by atoms with E-state index < -0.39 is 20.4 Å². The molecule has 1 aliphatic carbocycles. The Bertz CT molecular complexity index is 1300. The molecule has 4 heterocycles. The third kappa shape index (κ3) is 2.69. The fourth-order valence-electron chi connectivity index (χ4n) is 4.05. The van der Waals surface area contributed by atoms with Gasteiger partial charge in [-0.1, -0.05) is 0 Å². The molecule has 4 aromatic rings. The number of para-hydroxylation sites is 1. The van der Waals surface area contributed by atoms with Crippen LogP contribution in [0.5, 0.6) is 0 Å². The number of rotatable bonds is 2. The van der Waals surface area contributed by atoms with Crippen LogP contribution in [0.3, 0.4) is 0 Å². The zero-order valence-corrected chi connectivity index (χ0v) is 18.8. The number of hydrogen-bond acceptors (Lipinski definition) is 5. The van der Waals surface area contributed by atoms with Gasteiger partial charge in [-0.05, 0) is 0 Å². The molecule has 30 heavy (non-hydrogen) atoms. The van der Waals surface area contributed by atoms with Crippen LogP contribution in [-0.2, 0) is 6.42 Å². The van der Waals surface area contributed by atoms with Crippen molar-refractivity contribution in [3.8, 4) is 0 Å². The van der Waals surface area contributed by atoms with Crippen LogP contribution in [0.1, 0.15) is 35.4 Å². The van der Waals surface area contributed by atoms with Crippen LogP contribution >= 0.6 is 11.3 Å². The molecule has 3 aromatic heterocycles. The van der Waals surface area contributed by atoms with Crippen molar-refractivity contribution in [1.82, 2.24) is 4.98 Å². The molecule has 2 aliphatic rings. The van der Waals surface area contributed by atoms with Crippen LogP contribution in [0.4, 0.5) is 15.2 Å². The van der Waals surface area contributed by atoms with Gasteiger partial charge in [0.05, 0.1) is 0 Å². The Balaban J connectivity index is 1.43. The van der Waals surface area contributed by atoms with Gasteiger partial charge in [0.1, 0.15) is 0 Å². The van der Waals surface area contributed by atoms with Gasteiger partial charge in [0, 0.05) is 0 Å². The van der Waals surface area contributed by atoms with Crippen LogP contribution < -0.4 is 4.90 Å². The summed E-state index contributed by atoms with van der Waals surface area (Å²) in [5.41, 5.74) is 5.05. The van der Waals surface area contributed by atoms with Crippen molar-refractivity contribution < 1.29 is 9.59 Å². The first-order valence-electron chi connectivity index (χ1n) is 9.50. The zero-order chi connectivity index (χ0) is 20.2. The van der Waals surface area contributed by atoms with Gasteiger partial charge in [0.25, 0.3) is 0 Å². The van der Waals surface area contributed by atoms with Crippen molar-refractivity contribution in [2.24, 2.45) is 0 Å². The van der Waals surface area contributed by atoms with E-state index in [0.29, 0.717) is 16.7 Å². The topological polar surface area (TPSA) is 50.3 Å². The standard InChI is InChI=1S/C24H14N2O2STe/c27-22-17(23(28)19-13-29-12-18(19)22)11-16-7-8-21(30-16)26-20-6-2-1-4-14(20)10-15-5-3-9-25-24(15)26/h1-9,11-13H,10H2. The van der Waals surface area contributed by atoms with Gasteiger partial charge in [-0.15, -0.1) is 0 Å². The van der Waals surface area contributed by atoms with Gasteiger partial charge in [-0.25, -0.2) is 0 Å². The number of ketones is 2. The first-order chi connectivity index (χ1) is 14.7. The Kier molecular flexibility index (Phi) is 4.14. The summed E-state index contributed by atoms with van der Waals surface area (Å²) in [4.78, 5) is 32.2. The second kappa shape index (κ2) is 6.88. The monoisotopic (exact) mass is 524 g/mol. The van der Waals surface area contributed by atoms with E-state index in [1.807, 2.05) is 18.3 Å². The molecule has 0 saturated carbocycles. The van der Waals surface area contributed by atoms with E-state index in [-0.39, 0.29) is 11.6 Å². The van der Waals surface area contributed by atoms with Gasteiger partial charge in [0.15, 0.2) is 0 Å². The van der Waals surface area contributed by atoms with Crippen molar-refractivity contribution in [3.05, 3.63) is 96.9 Å². The molecule has 0 saturated heterocycles. The molecule has 0 radical (unpaired) electrons. The summed E-state index contributed by atoms with van der Waals surface area (Å²) in [6.45, 7) is 0. The number of benzene rings is 1. The Morgan fingerprint density at radius 3 is 2.53 bits per heavy atom. The second-order valence-corrected chi connectivity index (χ2v) is 11.1. The van der Waals surface area contributed by atoms with Crippen molar-refractivity contribution in [2.45, 2.75) is 6.42 Å². The average Bonchev–Trinajstić information content (AvgIpc) is 3.48. The Hall–Kier alpha value is -2.78. The van der Waals surface area contributed by atoms with Crippen molar-refractivity contribution in [3.63, 3.8) is 0 Å². The van der Waals surface area contributed by atoms with Gasteiger partial charge >= 0.3 is 187 Å². The van der Waals surface area contributed by atoms with E-state index in [1.54, 1.807) is 10.8 Å². The predicted molar refractivity (Wildman–Crippen MR) is 120 cm³/mol. The van der Waals surface area contributed by atoms with E-state index >= 15 is 0 Å². The van der Waals surface area contributed by atoms with Crippen LogP contribution in [0.15, 0.2) is 71.1 Å². The minimum absolute atomic E-state index is 0.145. The normalized spacial score (nSPS) is 14.5. The van der Waals surface area contributed by atoms with Gasteiger partial charge in [-0.3, -0.25) is 0 Å². The number of carbonyl (C=O) groups excluding carboxylic acids is 2. The SMILES string of the molecule is O=C1C(=Cc2ccc(N3c4ccccc4Cc4cccnc43)[te]2)C(=O)c2cscc21. The van der Waals surface area contributed by atoms with Crippen LogP contribution in [0, 0.1) is 0 Å². The summed E-state index contributed by atoms with van der Waals surface area (Å²) in [6.07, 6.45) is 4.52. The van der Waals surface area contributed by atoms with E-state index in [9.17, 15) is 9.59 Å². The van der Waals surface area contributed by atoms with Crippen LogP contribution in [0.25, 0.3) is 6.08 Å². The number of aromatic nitrogens is 1. The summed E-state index contributed by atoms with van der Waals surface area (Å²) in [5.74, 6) is 0.687. The molecule has 0 fully saturated rings. The molecule has 6 rings (SSSR count). The quantitative estimate of drug-likeness (QED) is 0.186. The maximum absolute atomic E-state index is 12.6. The molecule has 1 aliphatic heterocycles. The van der Waals surface area contributed by atoms with E-state index in [2.05, 4.69) is 52.3 Å². The number of anilines is 3. The number of nitrogens with zero attached hydrogens (tertiary/aromatic N) is 2. The number of hydrogen-bond donors (Lipinski definition) is 0. The number of thiophene rings is 1. The minimum atomic E-state index is -0.774. The van der Waals surface area contributed by atoms with E-state index in [0.717, 1.165) is 21.5 Å². The van der Waals surface area contributed by atoms with Crippen LogP contribution in [0.2, 0.25) is 0 Å². The Morgan fingerprint density at radius 2 is 1.70 bits per heavy atom. The molecule has 4 nitrogen and oxygen atoms in total. The van der Waals surface area contributed by atoms with Gasteiger partial charge in [-0.2, -0.15) is 0 Å². The van der Waals surface area contributed by atoms with Gasteiger partial charge < -0.3 is 0 Å². The molecule has 0 spiro atoms. The number of fused-ring (bicyclic) bond motifs is 3. The molecule has 0 N–H and O–H groups in total. The van der Waals surface area contributed by atoms with Crippen LogP contribution in [-0.4, -0.2) is 37.0 Å². The molecule has 0 amide bonds. The summed E-state index contributed by atoms with van der Waals surface area (Å²) in [7, 11) is 0. The Labute approximate surface area is 186 Å². The first-order valence-corrected chi connectivity index (χ1v) is 12.8. The van der Waals surface area contributed by atoms with Crippen molar-refractivity contribution in [1.29, 1.82) is 0 Å². The average molecular weight is 522 g/mol. The van der Waals surface area contributed by atoms with E-state index in [4.69, 9.17) is 0 Å². The fraction of sp³-hybridized carbons (Fsp3) is 0.0417. The third-order valence-corrected chi connectivity index (χ3v) is 9.10. The molecule has 0 unspecified atom stereocenters. The van der Waals surface area contributed by atoms with Crippen molar-refractivity contribution in [2.75, 3.05) is 4.90 Å². The summed E-state index contributed by atoms with van der Waals surface area (Å²) in [5, 5.41) is 3.54. The first kappa shape index (κ1) is 18.0. The van der Waals surface area contributed by atoms with Crippen molar-refractivity contribution >= 4 is 64.6 Å². The molecule has 1 aromatic carbocycles. The number of carbonyl (C=O) groups is 2. The summed E-state index contributed by atoms with van der Waals surface area (Å²) < 4.78 is 2.30. The number of Topliss-reactive ketones (excluding diaryl/α,β-unsaturated/α-hetero) is 2. The molecule has 144 valence electrons. The number of allylic oxidation sites excluding steroid dienone is 1.